The van der Waals surface area contributed by atoms with E-state index >= 15 is 0 Å². The lowest BCUT2D eigenvalue weighted by Gasteiger charge is -2.41. The van der Waals surface area contributed by atoms with Crippen LogP contribution in [0.2, 0.25) is 0 Å². The van der Waals surface area contributed by atoms with Crippen molar-refractivity contribution in [3.05, 3.63) is 101 Å². The van der Waals surface area contributed by atoms with Crippen molar-refractivity contribution in [2.24, 2.45) is 0 Å². The van der Waals surface area contributed by atoms with E-state index in [4.69, 9.17) is 0 Å². The zero-order chi connectivity index (χ0) is 34.6. The fourth-order valence-electron chi connectivity index (χ4n) is 8.27. The van der Waals surface area contributed by atoms with Crippen molar-refractivity contribution in [3.63, 3.8) is 0 Å². The van der Waals surface area contributed by atoms with Gasteiger partial charge in [0, 0.05) is 70.9 Å². The number of piperazine rings is 1. The molecule has 0 spiro atoms. The van der Waals surface area contributed by atoms with Crippen molar-refractivity contribution in [2.45, 2.75) is 69.7 Å². The summed E-state index contributed by atoms with van der Waals surface area (Å²) in [5.74, 6) is -1.87. The number of nitrogens with zero attached hydrogens (tertiary/aromatic N) is 5. The standard InChI is InChI=1S/C40H48N6O4/c1-42(31-15-17-32(18-16-31)45(27-29-9-4-2-5-10-29)28-30-11-6-3-7-12-30)21-22-43-23-25-44(26-24-43)34-14-8-13-33-37(34)40(50)46(39(33)49)35-19-20-36(47)41-38(35)48/h2-14,31-32,35H,15-28H2,1H3,(H,41,47,48). The van der Waals surface area contributed by atoms with Crippen LogP contribution in [0.4, 0.5) is 5.69 Å². The Kier molecular flexibility index (Phi) is 10.4. The van der Waals surface area contributed by atoms with Crippen LogP contribution in [-0.2, 0) is 22.7 Å². The van der Waals surface area contributed by atoms with E-state index in [0.29, 0.717) is 23.2 Å². The normalized spacial score (nSPS) is 23.1. The number of fused-ring (bicyclic) bond motifs is 1. The Morgan fingerprint density at radius 2 is 1.32 bits per heavy atom. The van der Waals surface area contributed by atoms with Gasteiger partial charge in [-0.25, -0.2) is 0 Å². The van der Waals surface area contributed by atoms with E-state index in [9.17, 15) is 19.2 Å². The highest BCUT2D eigenvalue weighted by Crippen LogP contribution is 2.35. The predicted octanol–water partition coefficient (Wildman–Crippen LogP) is 4.16. The maximum absolute atomic E-state index is 13.6. The fraction of sp³-hybridized carbons (Fsp3) is 0.450. The van der Waals surface area contributed by atoms with E-state index in [2.05, 4.69) is 92.6 Å². The molecule has 2 saturated heterocycles. The first-order valence-electron chi connectivity index (χ1n) is 18.2. The molecule has 4 amide bonds. The van der Waals surface area contributed by atoms with E-state index in [1.54, 1.807) is 6.07 Å². The van der Waals surface area contributed by atoms with E-state index in [-0.39, 0.29) is 18.7 Å². The van der Waals surface area contributed by atoms with Gasteiger partial charge >= 0.3 is 0 Å². The molecule has 10 nitrogen and oxygen atoms in total. The molecule has 1 atom stereocenters. The van der Waals surface area contributed by atoms with Crippen molar-refractivity contribution in [3.8, 4) is 0 Å². The number of benzene rings is 3. The molecular weight excluding hydrogens is 628 g/mol. The molecule has 0 bridgehead atoms. The molecule has 1 N–H and O–H groups in total. The van der Waals surface area contributed by atoms with Crippen molar-refractivity contribution >= 4 is 29.3 Å². The molecule has 50 heavy (non-hydrogen) atoms. The summed E-state index contributed by atoms with van der Waals surface area (Å²) < 4.78 is 0. The highest BCUT2D eigenvalue weighted by atomic mass is 16.2. The van der Waals surface area contributed by atoms with Gasteiger partial charge in [-0.15, -0.1) is 0 Å². The smallest absolute Gasteiger partial charge is 0.264 e. The number of amides is 4. The Hall–Kier alpha value is -4.38. The number of hydrogen-bond donors (Lipinski definition) is 1. The fourth-order valence-corrected chi connectivity index (χ4v) is 8.27. The maximum atomic E-state index is 13.6. The van der Waals surface area contributed by atoms with Crippen LogP contribution in [0.3, 0.4) is 0 Å². The summed E-state index contributed by atoms with van der Waals surface area (Å²) >= 11 is 0. The van der Waals surface area contributed by atoms with Crippen LogP contribution < -0.4 is 10.2 Å². The molecule has 0 aromatic heterocycles. The third-order valence-corrected chi connectivity index (χ3v) is 11.2. The SMILES string of the molecule is CN(CCN1CCN(c2cccc3c2C(=O)N(C2CCC(=O)NC2=O)C3=O)CC1)C1CCC(N(Cc2ccccc2)Cc2ccccc2)CC1. The van der Waals surface area contributed by atoms with Crippen molar-refractivity contribution in [1.29, 1.82) is 0 Å². The molecule has 1 unspecified atom stereocenters. The second-order valence-corrected chi connectivity index (χ2v) is 14.3. The molecule has 1 saturated carbocycles. The summed E-state index contributed by atoms with van der Waals surface area (Å²) in [4.78, 5) is 62.1. The Morgan fingerprint density at radius 3 is 1.94 bits per heavy atom. The summed E-state index contributed by atoms with van der Waals surface area (Å²) in [7, 11) is 2.27. The van der Waals surface area contributed by atoms with Gasteiger partial charge in [0.25, 0.3) is 11.8 Å². The van der Waals surface area contributed by atoms with Gasteiger partial charge in [0.15, 0.2) is 0 Å². The van der Waals surface area contributed by atoms with Crippen LogP contribution in [0.25, 0.3) is 0 Å². The Balaban J connectivity index is 0.899. The number of carbonyl (C=O) groups excluding carboxylic acids is 4. The molecule has 1 aliphatic carbocycles. The van der Waals surface area contributed by atoms with Gasteiger partial charge in [-0.1, -0.05) is 66.7 Å². The van der Waals surface area contributed by atoms with Gasteiger partial charge in [0.1, 0.15) is 6.04 Å². The molecule has 0 radical (unpaired) electrons. The minimum absolute atomic E-state index is 0.108. The second kappa shape index (κ2) is 15.2. The van der Waals surface area contributed by atoms with Gasteiger partial charge in [0.2, 0.25) is 11.8 Å². The molecule has 7 rings (SSSR count). The monoisotopic (exact) mass is 676 g/mol. The van der Waals surface area contributed by atoms with E-state index in [0.717, 1.165) is 62.9 Å². The van der Waals surface area contributed by atoms with E-state index < -0.39 is 23.8 Å². The van der Waals surface area contributed by atoms with Crippen LogP contribution in [0.5, 0.6) is 0 Å². The van der Waals surface area contributed by atoms with Crippen LogP contribution in [-0.4, -0.2) is 108 Å². The topological polar surface area (TPSA) is 96.5 Å². The zero-order valence-electron chi connectivity index (χ0n) is 29.0. The highest BCUT2D eigenvalue weighted by molar-refractivity contribution is 6.25. The third-order valence-electron chi connectivity index (χ3n) is 11.2. The van der Waals surface area contributed by atoms with Crippen LogP contribution in [0.1, 0.15) is 70.4 Å². The number of carbonyl (C=O) groups is 4. The van der Waals surface area contributed by atoms with Gasteiger partial charge in [-0.2, -0.15) is 0 Å². The number of imide groups is 2. The zero-order valence-corrected chi connectivity index (χ0v) is 29.0. The molecule has 3 fully saturated rings. The van der Waals surface area contributed by atoms with Crippen LogP contribution in [0, 0.1) is 0 Å². The molecule has 3 heterocycles. The van der Waals surface area contributed by atoms with Gasteiger partial charge < -0.3 is 9.80 Å². The molecule has 10 heteroatoms. The number of piperidine rings is 1. The average molecular weight is 677 g/mol. The number of hydrogen-bond acceptors (Lipinski definition) is 8. The second-order valence-electron chi connectivity index (χ2n) is 14.3. The third kappa shape index (κ3) is 7.38. The summed E-state index contributed by atoms with van der Waals surface area (Å²) in [6.45, 7) is 7.21. The largest absolute Gasteiger partial charge is 0.368 e. The summed E-state index contributed by atoms with van der Waals surface area (Å²) in [6, 6.07) is 27.3. The summed E-state index contributed by atoms with van der Waals surface area (Å²) in [5.41, 5.74) is 4.19. The lowest BCUT2D eigenvalue weighted by Crippen LogP contribution is -2.54. The maximum Gasteiger partial charge on any atom is 0.264 e. The molecule has 3 aromatic carbocycles. The van der Waals surface area contributed by atoms with Gasteiger partial charge in [0.05, 0.1) is 16.8 Å². The molecular formula is C40H48N6O4. The molecule has 262 valence electrons. The Morgan fingerprint density at radius 1 is 0.700 bits per heavy atom. The van der Waals surface area contributed by atoms with Crippen molar-refractivity contribution in [1.82, 2.24) is 24.9 Å². The van der Waals surface area contributed by atoms with Gasteiger partial charge in [-0.3, -0.25) is 39.2 Å². The number of rotatable bonds is 11. The quantitative estimate of drug-likeness (QED) is 0.303. The first kappa shape index (κ1) is 34.1. The minimum Gasteiger partial charge on any atom is -0.368 e. The number of anilines is 1. The van der Waals surface area contributed by atoms with Crippen LogP contribution in [0.15, 0.2) is 78.9 Å². The minimum atomic E-state index is -0.959. The van der Waals surface area contributed by atoms with Crippen LogP contribution >= 0.6 is 0 Å². The summed E-state index contributed by atoms with van der Waals surface area (Å²) in [5, 5.41) is 2.27. The summed E-state index contributed by atoms with van der Waals surface area (Å²) in [6.07, 6.45) is 5.08. The van der Waals surface area contributed by atoms with Gasteiger partial charge in [-0.05, 0) is 62.4 Å². The lowest BCUT2D eigenvalue weighted by molar-refractivity contribution is -0.136. The molecule has 4 aliphatic rings. The molecule has 3 aromatic rings. The number of likely N-dealkylation sites (N-methyl/N-ethyl adjacent to an activating group) is 1. The average Bonchev–Trinajstić information content (AvgIpc) is 3.40. The lowest BCUT2D eigenvalue weighted by atomic mass is 9.88. The first-order chi connectivity index (χ1) is 24.4. The Bertz CT molecular complexity index is 1640. The van der Waals surface area contributed by atoms with E-state index in [1.165, 1.54) is 36.8 Å². The van der Waals surface area contributed by atoms with Crippen molar-refractivity contribution < 1.29 is 19.2 Å². The number of nitrogens with one attached hydrogen (secondary N) is 1. The highest BCUT2D eigenvalue weighted by Gasteiger charge is 2.46. The first-order valence-corrected chi connectivity index (χ1v) is 18.2. The predicted molar refractivity (Wildman–Crippen MR) is 193 cm³/mol. The van der Waals surface area contributed by atoms with E-state index in [1.807, 2.05) is 12.1 Å². The molecule has 3 aliphatic heterocycles. The van der Waals surface area contributed by atoms with Crippen molar-refractivity contribution in [2.75, 3.05) is 51.2 Å². The Labute approximate surface area is 295 Å².